The topological polar surface area (TPSA) is 73.0 Å². The molecule has 2 fully saturated rings. The Labute approximate surface area is 198 Å². The summed E-state index contributed by atoms with van der Waals surface area (Å²) in [6.45, 7) is 8.19. The summed E-state index contributed by atoms with van der Waals surface area (Å²) in [6.07, 6.45) is 2.47. The van der Waals surface area contributed by atoms with Crippen LogP contribution in [0.5, 0.6) is 0 Å². The second kappa shape index (κ2) is 11.1. The van der Waals surface area contributed by atoms with Gasteiger partial charge in [0.15, 0.2) is 0 Å². The highest BCUT2D eigenvalue weighted by Crippen LogP contribution is 2.25. The van der Waals surface area contributed by atoms with Crippen molar-refractivity contribution in [2.24, 2.45) is 17.3 Å². The number of hydrogen-bond donors (Lipinski definition) is 1. The molecule has 2 aliphatic rings. The van der Waals surface area contributed by atoms with Crippen molar-refractivity contribution in [3.05, 3.63) is 35.9 Å². The highest BCUT2D eigenvalue weighted by molar-refractivity contribution is 5.89. The standard InChI is InChI=1S/C26H40N4O3/c1-26(2,19-28(3)4)18-27-24(32)21-11-14-29(15-12-21)25(33)22-16-23(31)30(17-22)13-10-20-8-6-5-7-9-20/h5-9,21-22H,10-19H2,1-4H3,(H,27,32). The molecule has 7 heteroatoms. The predicted octanol–water partition coefficient (Wildman–Crippen LogP) is 2.02. The van der Waals surface area contributed by atoms with Gasteiger partial charge in [0.2, 0.25) is 17.7 Å². The van der Waals surface area contributed by atoms with E-state index in [1.54, 1.807) is 0 Å². The lowest BCUT2D eigenvalue weighted by molar-refractivity contribution is -0.139. The SMILES string of the molecule is CN(C)CC(C)(C)CNC(=O)C1CCN(C(=O)C2CC(=O)N(CCc3ccccc3)C2)CC1. The normalized spacial score (nSPS) is 19.9. The molecular formula is C26H40N4O3. The maximum atomic E-state index is 13.0. The molecule has 7 nitrogen and oxygen atoms in total. The molecule has 0 aromatic heterocycles. The zero-order chi connectivity index (χ0) is 24.0. The summed E-state index contributed by atoms with van der Waals surface area (Å²) in [4.78, 5) is 44.0. The first-order valence-corrected chi connectivity index (χ1v) is 12.2. The van der Waals surface area contributed by atoms with Crippen LogP contribution in [0.25, 0.3) is 0 Å². The highest BCUT2D eigenvalue weighted by Gasteiger charge is 2.38. The molecule has 0 bridgehead atoms. The number of benzene rings is 1. The minimum Gasteiger partial charge on any atom is -0.355 e. The first-order chi connectivity index (χ1) is 15.6. The average Bonchev–Trinajstić information content (AvgIpc) is 3.16. The summed E-state index contributed by atoms with van der Waals surface area (Å²) in [6, 6.07) is 10.1. The molecule has 33 heavy (non-hydrogen) atoms. The van der Waals surface area contributed by atoms with Crippen LogP contribution in [-0.2, 0) is 20.8 Å². The summed E-state index contributed by atoms with van der Waals surface area (Å²) in [5.41, 5.74) is 1.21. The van der Waals surface area contributed by atoms with Crippen LogP contribution in [0.15, 0.2) is 30.3 Å². The molecule has 1 aromatic carbocycles. The molecule has 2 saturated heterocycles. The summed E-state index contributed by atoms with van der Waals surface area (Å²) < 4.78 is 0. The molecule has 3 rings (SSSR count). The van der Waals surface area contributed by atoms with Gasteiger partial charge in [0.1, 0.15) is 0 Å². The van der Waals surface area contributed by atoms with Crippen LogP contribution in [0.3, 0.4) is 0 Å². The van der Waals surface area contributed by atoms with Gasteiger partial charge >= 0.3 is 0 Å². The maximum absolute atomic E-state index is 13.0. The lowest BCUT2D eigenvalue weighted by Crippen LogP contribution is -2.47. The van der Waals surface area contributed by atoms with Crippen LogP contribution in [-0.4, -0.2) is 85.8 Å². The summed E-state index contributed by atoms with van der Waals surface area (Å²) in [5.74, 6) is -0.0743. The maximum Gasteiger partial charge on any atom is 0.227 e. The zero-order valence-electron chi connectivity index (χ0n) is 20.7. The number of carbonyl (C=O) groups excluding carboxylic acids is 3. The Hall–Kier alpha value is -2.41. The van der Waals surface area contributed by atoms with Gasteiger partial charge in [-0.15, -0.1) is 0 Å². The number of nitrogens with one attached hydrogen (secondary N) is 1. The molecule has 0 radical (unpaired) electrons. The molecule has 2 aliphatic heterocycles. The third kappa shape index (κ3) is 7.29. The van der Waals surface area contributed by atoms with E-state index >= 15 is 0 Å². The van der Waals surface area contributed by atoms with Gasteiger partial charge in [-0.25, -0.2) is 0 Å². The van der Waals surface area contributed by atoms with Crippen molar-refractivity contribution in [2.75, 3.05) is 53.4 Å². The Morgan fingerprint density at radius 2 is 1.76 bits per heavy atom. The third-order valence-electron chi connectivity index (χ3n) is 6.74. The molecule has 2 heterocycles. The van der Waals surface area contributed by atoms with E-state index in [1.165, 1.54) is 5.56 Å². The number of likely N-dealkylation sites (tertiary alicyclic amines) is 2. The minimum absolute atomic E-state index is 0.0111. The van der Waals surface area contributed by atoms with Crippen molar-refractivity contribution >= 4 is 17.7 Å². The Balaban J connectivity index is 1.41. The van der Waals surface area contributed by atoms with Crippen LogP contribution in [0, 0.1) is 17.3 Å². The van der Waals surface area contributed by atoms with Crippen molar-refractivity contribution in [1.82, 2.24) is 20.0 Å². The second-order valence-corrected chi connectivity index (χ2v) is 10.7. The van der Waals surface area contributed by atoms with Gasteiger partial charge in [0, 0.05) is 51.6 Å². The quantitative estimate of drug-likeness (QED) is 0.617. The Morgan fingerprint density at radius 3 is 2.39 bits per heavy atom. The lowest BCUT2D eigenvalue weighted by Gasteiger charge is -2.34. The van der Waals surface area contributed by atoms with E-state index in [0.717, 1.165) is 13.0 Å². The fourth-order valence-electron chi connectivity index (χ4n) is 5.07. The molecule has 1 N–H and O–H groups in total. The van der Waals surface area contributed by atoms with Gasteiger partial charge in [-0.05, 0) is 44.3 Å². The van der Waals surface area contributed by atoms with Crippen LogP contribution < -0.4 is 5.32 Å². The fraction of sp³-hybridized carbons (Fsp3) is 0.654. The van der Waals surface area contributed by atoms with Crippen molar-refractivity contribution in [3.63, 3.8) is 0 Å². The third-order valence-corrected chi connectivity index (χ3v) is 6.74. The number of carbonyl (C=O) groups is 3. The van der Waals surface area contributed by atoms with Gasteiger partial charge < -0.3 is 20.0 Å². The van der Waals surface area contributed by atoms with E-state index in [2.05, 4.69) is 36.2 Å². The molecule has 3 amide bonds. The van der Waals surface area contributed by atoms with Crippen LogP contribution in [0.2, 0.25) is 0 Å². The second-order valence-electron chi connectivity index (χ2n) is 10.7. The monoisotopic (exact) mass is 456 g/mol. The summed E-state index contributed by atoms with van der Waals surface area (Å²) in [5, 5.41) is 3.12. The largest absolute Gasteiger partial charge is 0.355 e. The molecule has 182 valence electrons. The van der Waals surface area contributed by atoms with Gasteiger partial charge in [0.25, 0.3) is 0 Å². The van der Waals surface area contributed by atoms with E-state index in [0.29, 0.717) is 52.0 Å². The molecule has 0 aliphatic carbocycles. The predicted molar refractivity (Wildman–Crippen MR) is 129 cm³/mol. The number of piperidine rings is 1. The zero-order valence-corrected chi connectivity index (χ0v) is 20.7. The van der Waals surface area contributed by atoms with E-state index in [1.807, 2.05) is 42.1 Å². The van der Waals surface area contributed by atoms with Crippen molar-refractivity contribution in [3.8, 4) is 0 Å². The van der Waals surface area contributed by atoms with Crippen LogP contribution >= 0.6 is 0 Å². The smallest absolute Gasteiger partial charge is 0.227 e. The van der Waals surface area contributed by atoms with Crippen LogP contribution in [0.4, 0.5) is 0 Å². The van der Waals surface area contributed by atoms with Gasteiger partial charge in [-0.3, -0.25) is 14.4 Å². The summed E-state index contributed by atoms with van der Waals surface area (Å²) >= 11 is 0. The molecule has 1 atom stereocenters. The van der Waals surface area contributed by atoms with Crippen molar-refractivity contribution < 1.29 is 14.4 Å². The first-order valence-electron chi connectivity index (χ1n) is 12.2. The molecule has 0 spiro atoms. The summed E-state index contributed by atoms with van der Waals surface area (Å²) in [7, 11) is 4.08. The van der Waals surface area contributed by atoms with E-state index < -0.39 is 0 Å². The molecule has 1 unspecified atom stereocenters. The molecular weight excluding hydrogens is 416 g/mol. The highest BCUT2D eigenvalue weighted by atomic mass is 16.2. The molecule has 1 aromatic rings. The lowest BCUT2D eigenvalue weighted by atomic mass is 9.91. The Morgan fingerprint density at radius 1 is 1.09 bits per heavy atom. The van der Waals surface area contributed by atoms with E-state index in [-0.39, 0.29) is 35.0 Å². The van der Waals surface area contributed by atoms with Crippen molar-refractivity contribution in [1.29, 1.82) is 0 Å². The van der Waals surface area contributed by atoms with Crippen LogP contribution in [0.1, 0.15) is 38.7 Å². The van der Waals surface area contributed by atoms with E-state index in [9.17, 15) is 14.4 Å². The Bertz CT molecular complexity index is 816. The average molecular weight is 457 g/mol. The van der Waals surface area contributed by atoms with E-state index in [4.69, 9.17) is 0 Å². The number of rotatable bonds is 9. The fourth-order valence-corrected chi connectivity index (χ4v) is 5.07. The van der Waals surface area contributed by atoms with Gasteiger partial charge in [0.05, 0.1) is 5.92 Å². The number of nitrogens with zero attached hydrogens (tertiary/aromatic N) is 3. The van der Waals surface area contributed by atoms with Crippen molar-refractivity contribution in [2.45, 2.75) is 39.5 Å². The van der Waals surface area contributed by atoms with Gasteiger partial charge in [-0.2, -0.15) is 0 Å². The minimum atomic E-state index is -0.259. The number of hydrogen-bond acceptors (Lipinski definition) is 4. The Kier molecular flexibility index (Phi) is 8.51. The number of amides is 3. The van der Waals surface area contributed by atoms with Gasteiger partial charge in [-0.1, -0.05) is 44.2 Å². The molecule has 0 saturated carbocycles. The first kappa shape index (κ1) is 25.2.